The lowest BCUT2D eigenvalue weighted by Gasteiger charge is -2.20. The van der Waals surface area contributed by atoms with Crippen molar-refractivity contribution in [3.63, 3.8) is 0 Å². The van der Waals surface area contributed by atoms with Crippen molar-refractivity contribution in [1.82, 2.24) is 14.5 Å². The molecule has 7 nitrogen and oxygen atoms in total. The van der Waals surface area contributed by atoms with E-state index in [-0.39, 0.29) is 17.0 Å². The molecule has 1 unspecified atom stereocenters. The van der Waals surface area contributed by atoms with Crippen LogP contribution >= 0.6 is 0 Å². The summed E-state index contributed by atoms with van der Waals surface area (Å²) < 4.78 is 1.29. The van der Waals surface area contributed by atoms with Gasteiger partial charge in [-0.15, -0.1) is 0 Å². The Bertz CT molecular complexity index is 759. The molecule has 1 atom stereocenters. The van der Waals surface area contributed by atoms with Gasteiger partial charge in [0, 0.05) is 13.6 Å². The number of H-pyrrole nitrogens is 1. The maximum absolute atomic E-state index is 12.2. The molecular formula is C14H17N3O4. The van der Waals surface area contributed by atoms with E-state index in [4.69, 9.17) is 5.11 Å². The van der Waals surface area contributed by atoms with Crippen molar-refractivity contribution in [2.24, 2.45) is 0 Å². The van der Waals surface area contributed by atoms with Gasteiger partial charge >= 0.3 is 11.7 Å². The topological polar surface area (TPSA) is 95.4 Å². The highest BCUT2D eigenvalue weighted by atomic mass is 16.4. The maximum atomic E-state index is 12.2. The fraction of sp³-hybridized carbons (Fsp3) is 0.357. The molecule has 0 bridgehead atoms. The first kappa shape index (κ1) is 14.8. The molecule has 0 saturated heterocycles. The molecule has 2 rings (SSSR count). The van der Waals surface area contributed by atoms with Crippen molar-refractivity contribution in [2.45, 2.75) is 19.9 Å². The molecule has 0 saturated carbocycles. The Hall–Kier alpha value is -2.57. The summed E-state index contributed by atoms with van der Waals surface area (Å²) in [5, 5.41) is 9.15. The number of aromatic nitrogens is 2. The smallest absolute Gasteiger partial charge is 0.337 e. The van der Waals surface area contributed by atoms with Crippen molar-refractivity contribution in [3.05, 3.63) is 34.2 Å². The van der Waals surface area contributed by atoms with Gasteiger partial charge in [-0.05, 0) is 26.0 Å². The number of nitrogens with zero attached hydrogens (tertiary/aromatic N) is 2. The largest absolute Gasteiger partial charge is 0.478 e. The zero-order chi connectivity index (χ0) is 15.7. The van der Waals surface area contributed by atoms with E-state index in [0.29, 0.717) is 12.1 Å². The maximum Gasteiger partial charge on any atom is 0.337 e. The lowest BCUT2D eigenvalue weighted by Crippen LogP contribution is -2.36. The summed E-state index contributed by atoms with van der Waals surface area (Å²) in [7, 11) is 1.65. The number of carbonyl (C=O) groups is 2. The molecule has 1 heterocycles. The Balaban J connectivity index is 2.63. The molecule has 1 aromatic heterocycles. The number of carboxylic acids is 1. The number of nitrogens with one attached hydrogen (secondary N) is 1. The van der Waals surface area contributed by atoms with Crippen molar-refractivity contribution >= 4 is 22.9 Å². The van der Waals surface area contributed by atoms with Gasteiger partial charge in [0.2, 0.25) is 5.91 Å². The first-order chi connectivity index (χ1) is 9.88. The normalized spacial score (nSPS) is 12.3. The first-order valence-electron chi connectivity index (χ1n) is 6.60. The summed E-state index contributed by atoms with van der Waals surface area (Å²) in [6.45, 7) is 3.99. The van der Waals surface area contributed by atoms with Gasteiger partial charge in [0.25, 0.3) is 0 Å². The number of carbonyl (C=O) groups excluding carboxylic acids is 1. The number of para-hydroxylation sites is 1. The fourth-order valence-corrected chi connectivity index (χ4v) is 2.30. The quantitative estimate of drug-likeness (QED) is 0.880. The summed E-state index contributed by atoms with van der Waals surface area (Å²) in [5.74, 6) is -1.33. The van der Waals surface area contributed by atoms with E-state index < -0.39 is 17.7 Å². The van der Waals surface area contributed by atoms with Crippen LogP contribution in [-0.2, 0) is 4.79 Å². The molecule has 0 aliphatic carbocycles. The Kier molecular flexibility index (Phi) is 3.84. The Labute approximate surface area is 120 Å². The number of aromatic carboxylic acids is 1. The minimum absolute atomic E-state index is 0.00634. The van der Waals surface area contributed by atoms with E-state index in [1.807, 2.05) is 6.92 Å². The van der Waals surface area contributed by atoms with Gasteiger partial charge in [0.05, 0.1) is 16.6 Å². The predicted octanol–water partition coefficient (Wildman–Crippen LogP) is 1.07. The van der Waals surface area contributed by atoms with Gasteiger partial charge < -0.3 is 15.0 Å². The predicted molar refractivity (Wildman–Crippen MR) is 77.5 cm³/mol. The van der Waals surface area contributed by atoms with Crippen molar-refractivity contribution in [1.29, 1.82) is 0 Å². The summed E-state index contributed by atoms with van der Waals surface area (Å²) in [4.78, 5) is 39.6. The van der Waals surface area contributed by atoms with E-state index in [9.17, 15) is 14.4 Å². The summed E-state index contributed by atoms with van der Waals surface area (Å²) in [5.41, 5.74) is 0.148. The van der Waals surface area contributed by atoms with Crippen LogP contribution in [0, 0.1) is 0 Å². The fourth-order valence-electron chi connectivity index (χ4n) is 2.30. The van der Waals surface area contributed by atoms with Crippen LogP contribution in [0.4, 0.5) is 0 Å². The second-order valence-corrected chi connectivity index (χ2v) is 4.83. The van der Waals surface area contributed by atoms with Crippen LogP contribution in [0.15, 0.2) is 23.0 Å². The third-order valence-electron chi connectivity index (χ3n) is 3.58. The Morgan fingerprint density at radius 1 is 1.43 bits per heavy atom. The molecule has 0 aliphatic rings. The molecule has 0 radical (unpaired) electrons. The lowest BCUT2D eigenvalue weighted by molar-refractivity contribution is -0.132. The number of likely N-dealkylation sites (N-methyl/N-ethyl adjacent to an activating group) is 1. The third-order valence-corrected chi connectivity index (χ3v) is 3.58. The SMILES string of the molecule is CCN(C)C(=O)C(C)n1c(=O)[nH]c2c(C(=O)O)cccc21. The van der Waals surface area contributed by atoms with E-state index >= 15 is 0 Å². The molecule has 0 aliphatic heterocycles. The highest BCUT2D eigenvalue weighted by Crippen LogP contribution is 2.19. The standard InChI is InChI=1S/C14H17N3O4/c1-4-16(3)12(18)8(2)17-10-7-5-6-9(13(19)20)11(10)15-14(17)21/h5-8H,4H2,1-3H3,(H,15,21)(H,19,20). The van der Waals surface area contributed by atoms with Crippen molar-refractivity contribution in [3.8, 4) is 0 Å². The highest BCUT2D eigenvalue weighted by molar-refractivity contribution is 6.01. The van der Waals surface area contributed by atoms with Gasteiger partial charge in [-0.2, -0.15) is 0 Å². The molecule has 7 heteroatoms. The highest BCUT2D eigenvalue weighted by Gasteiger charge is 2.23. The monoisotopic (exact) mass is 291 g/mol. The minimum Gasteiger partial charge on any atom is -0.478 e. The van der Waals surface area contributed by atoms with Gasteiger partial charge in [0.15, 0.2) is 0 Å². The van der Waals surface area contributed by atoms with Crippen LogP contribution in [0.1, 0.15) is 30.2 Å². The van der Waals surface area contributed by atoms with Crippen LogP contribution in [0.25, 0.3) is 11.0 Å². The van der Waals surface area contributed by atoms with Crippen LogP contribution in [-0.4, -0.2) is 45.0 Å². The third kappa shape index (κ3) is 2.42. The molecule has 0 fully saturated rings. The summed E-state index contributed by atoms with van der Waals surface area (Å²) >= 11 is 0. The van der Waals surface area contributed by atoms with Crippen LogP contribution in [0.3, 0.4) is 0 Å². The number of benzene rings is 1. The summed E-state index contributed by atoms with van der Waals surface area (Å²) in [6.07, 6.45) is 0. The number of fused-ring (bicyclic) bond motifs is 1. The van der Waals surface area contributed by atoms with Gasteiger partial charge in [0.1, 0.15) is 6.04 Å². The molecule has 112 valence electrons. The van der Waals surface area contributed by atoms with Crippen LogP contribution in [0.5, 0.6) is 0 Å². The van der Waals surface area contributed by atoms with Crippen molar-refractivity contribution in [2.75, 3.05) is 13.6 Å². The number of amides is 1. The molecule has 1 amide bonds. The van der Waals surface area contributed by atoms with Crippen LogP contribution < -0.4 is 5.69 Å². The average Bonchev–Trinajstić information content (AvgIpc) is 2.80. The number of carboxylic acid groups (broad SMARTS) is 1. The van der Waals surface area contributed by atoms with Crippen molar-refractivity contribution < 1.29 is 14.7 Å². The number of hydrogen-bond donors (Lipinski definition) is 2. The molecule has 0 spiro atoms. The zero-order valence-corrected chi connectivity index (χ0v) is 12.1. The Morgan fingerprint density at radius 3 is 2.67 bits per heavy atom. The molecule has 2 aromatic rings. The molecular weight excluding hydrogens is 274 g/mol. The van der Waals surface area contributed by atoms with Gasteiger partial charge in [-0.1, -0.05) is 6.07 Å². The Morgan fingerprint density at radius 2 is 2.10 bits per heavy atom. The van der Waals surface area contributed by atoms with Crippen LogP contribution in [0.2, 0.25) is 0 Å². The lowest BCUT2D eigenvalue weighted by atomic mass is 10.2. The van der Waals surface area contributed by atoms with E-state index in [1.54, 1.807) is 26.1 Å². The van der Waals surface area contributed by atoms with Gasteiger partial charge in [-0.25, -0.2) is 9.59 Å². The number of rotatable bonds is 4. The zero-order valence-electron chi connectivity index (χ0n) is 12.1. The minimum atomic E-state index is -1.13. The van der Waals surface area contributed by atoms with E-state index in [0.717, 1.165) is 0 Å². The number of hydrogen-bond acceptors (Lipinski definition) is 3. The van der Waals surface area contributed by atoms with Gasteiger partial charge in [-0.3, -0.25) is 9.36 Å². The summed E-state index contributed by atoms with van der Waals surface area (Å²) in [6, 6.07) is 3.88. The molecule has 2 N–H and O–H groups in total. The second-order valence-electron chi connectivity index (χ2n) is 4.83. The number of imidazole rings is 1. The molecule has 21 heavy (non-hydrogen) atoms. The number of aromatic amines is 1. The first-order valence-corrected chi connectivity index (χ1v) is 6.60. The van der Waals surface area contributed by atoms with E-state index in [1.165, 1.54) is 15.5 Å². The van der Waals surface area contributed by atoms with E-state index in [2.05, 4.69) is 4.98 Å². The average molecular weight is 291 g/mol. The molecule has 1 aromatic carbocycles. The second kappa shape index (κ2) is 5.43.